The van der Waals surface area contributed by atoms with Crippen LogP contribution in [0.4, 0.5) is 11.4 Å². The predicted molar refractivity (Wildman–Crippen MR) is 103 cm³/mol. The summed E-state index contributed by atoms with van der Waals surface area (Å²) in [6.07, 6.45) is 0. The highest BCUT2D eigenvalue weighted by molar-refractivity contribution is 7.92. The highest BCUT2D eigenvalue weighted by Crippen LogP contribution is 2.28. The summed E-state index contributed by atoms with van der Waals surface area (Å²) in [6.45, 7) is 0. The Balaban J connectivity index is 1.85. The molecule has 1 aromatic heterocycles. The molecule has 0 aliphatic heterocycles. The van der Waals surface area contributed by atoms with E-state index in [9.17, 15) is 18.5 Å². The maximum Gasteiger partial charge on any atom is 0.270 e. The average molecular weight is 421 g/mol. The summed E-state index contributed by atoms with van der Waals surface area (Å²) in [5.74, 6) is 0.377. The molecule has 0 aliphatic rings. The molecule has 0 saturated carbocycles. The van der Waals surface area contributed by atoms with E-state index in [1.165, 1.54) is 25.3 Å². The number of rotatable bonds is 6. The SMILES string of the molecule is COc1ccc(-c2ccc(NS(=O)(=O)c3cc([N+](=O)[O-])ccc3Cl)cc2)nn1. The molecule has 11 heteroatoms. The molecule has 3 rings (SSSR count). The summed E-state index contributed by atoms with van der Waals surface area (Å²) < 4.78 is 32.4. The van der Waals surface area contributed by atoms with Gasteiger partial charge in [0.15, 0.2) is 0 Å². The van der Waals surface area contributed by atoms with Crippen molar-refractivity contribution in [1.82, 2.24) is 10.2 Å². The smallest absolute Gasteiger partial charge is 0.270 e. The quantitative estimate of drug-likeness (QED) is 0.477. The minimum absolute atomic E-state index is 0.122. The van der Waals surface area contributed by atoms with E-state index in [2.05, 4.69) is 14.9 Å². The number of ether oxygens (including phenoxy) is 1. The molecule has 144 valence electrons. The van der Waals surface area contributed by atoms with E-state index in [0.29, 0.717) is 17.1 Å². The van der Waals surface area contributed by atoms with Crippen molar-refractivity contribution < 1.29 is 18.1 Å². The molecule has 0 aliphatic carbocycles. The van der Waals surface area contributed by atoms with Crippen molar-refractivity contribution >= 4 is 33.0 Å². The number of nitro groups is 1. The maximum absolute atomic E-state index is 12.6. The van der Waals surface area contributed by atoms with Gasteiger partial charge in [0.05, 0.1) is 22.7 Å². The molecule has 0 atom stereocenters. The second-order valence-corrected chi connectivity index (χ2v) is 7.57. The Kier molecular flexibility index (Phi) is 5.43. The Labute approximate surface area is 165 Å². The van der Waals surface area contributed by atoms with Crippen LogP contribution in [0.25, 0.3) is 11.3 Å². The molecule has 9 nitrogen and oxygen atoms in total. The highest BCUT2D eigenvalue weighted by atomic mass is 35.5. The Hall–Kier alpha value is -3.24. The van der Waals surface area contributed by atoms with E-state index in [4.69, 9.17) is 16.3 Å². The van der Waals surface area contributed by atoms with Crippen molar-refractivity contribution in [3.8, 4) is 17.1 Å². The highest BCUT2D eigenvalue weighted by Gasteiger charge is 2.21. The fourth-order valence-corrected chi connectivity index (χ4v) is 3.89. The Morgan fingerprint density at radius 3 is 2.36 bits per heavy atom. The van der Waals surface area contributed by atoms with E-state index >= 15 is 0 Å². The number of nitro benzene ring substituents is 1. The van der Waals surface area contributed by atoms with Crippen molar-refractivity contribution in [2.75, 3.05) is 11.8 Å². The summed E-state index contributed by atoms with van der Waals surface area (Å²) in [7, 11) is -2.63. The largest absolute Gasteiger partial charge is 0.480 e. The molecular weight excluding hydrogens is 408 g/mol. The van der Waals surface area contributed by atoms with Crippen LogP contribution in [0.3, 0.4) is 0 Å². The second-order valence-electron chi connectivity index (χ2n) is 5.52. The van der Waals surface area contributed by atoms with Crippen LogP contribution < -0.4 is 9.46 Å². The van der Waals surface area contributed by atoms with Crippen LogP contribution in [0.2, 0.25) is 5.02 Å². The lowest BCUT2D eigenvalue weighted by atomic mass is 10.1. The van der Waals surface area contributed by atoms with Gasteiger partial charge in [-0.3, -0.25) is 14.8 Å². The number of non-ortho nitro benzene ring substituents is 1. The predicted octanol–water partition coefficient (Wildman–Crippen LogP) is 3.51. The van der Waals surface area contributed by atoms with Gasteiger partial charge in [-0.15, -0.1) is 10.2 Å². The summed E-state index contributed by atoms with van der Waals surface area (Å²) >= 11 is 5.91. The van der Waals surface area contributed by atoms with Gasteiger partial charge in [0.2, 0.25) is 5.88 Å². The minimum atomic E-state index is -4.12. The molecule has 1 N–H and O–H groups in total. The standard InChI is InChI=1S/C17H13ClN4O5S/c1-27-17-9-8-15(19-20-17)11-2-4-12(5-3-11)21-28(25,26)16-10-13(22(23)24)6-7-14(16)18/h2-10,21H,1H3. The number of hydrogen-bond acceptors (Lipinski definition) is 7. The normalized spacial score (nSPS) is 11.1. The molecular formula is C17H13ClN4O5S. The number of halogens is 1. The Morgan fingerprint density at radius 1 is 1.07 bits per heavy atom. The average Bonchev–Trinajstić information content (AvgIpc) is 2.68. The van der Waals surface area contributed by atoms with Crippen LogP contribution in [0, 0.1) is 10.1 Å². The number of anilines is 1. The van der Waals surface area contributed by atoms with Crippen LogP contribution in [0.1, 0.15) is 0 Å². The van der Waals surface area contributed by atoms with Crippen LogP contribution in [0.5, 0.6) is 5.88 Å². The van der Waals surface area contributed by atoms with Crippen LogP contribution in [-0.2, 0) is 10.0 Å². The molecule has 0 amide bonds. The molecule has 0 saturated heterocycles. The Morgan fingerprint density at radius 2 is 1.79 bits per heavy atom. The van der Waals surface area contributed by atoms with Gasteiger partial charge < -0.3 is 4.74 Å². The lowest BCUT2D eigenvalue weighted by molar-refractivity contribution is -0.385. The van der Waals surface area contributed by atoms with E-state index in [1.54, 1.807) is 24.3 Å². The van der Waals surface area contributed by atoms with E-state index < -0.39 is 14.9 Å². The zero-order chi connectivity index (χ0) is 20.3. The fourth-order valence-electron chi connectivity index (χ4n) is 2.31. The first-order valence-corrected chi connectivity index (χ1v) is 9.61. The molecule has 2 aromatic carbocycles. The number of benzene rings is 2. The van der Waals surface area contributed by atoms with Crippen molar-refractivity contribution in [1.29, 1.82) is 0 Å². The number of nitrogens with one attached hydrogen (secondary N) is 1. The summed E-state index contributed by atoms with van der Waals surface area (Å²) in [4.78, 5) is 9.82. The van der Waals surface area contributed by atoms with Gasteiger partial charge in [0.25, 0.3) is 15.7 Å². The van der Waals surface area contributed by atoms with Gasteiger partial charge in [0, 0.05) is 29.4 Å². The van der Waals surface area contributed by atoms with Crippen molar-refractivity contribution in [2.45, 2.75) is 4.90 Å². The summed E-state index contributed by atoms with van der Waals surface area (Å²) in [5, 5.41) is 18.7. The second kappa shape index (κ2) is 7.79. The van der Waals surface area contributed by atoms with Gasteiger partial charge in [-0.25, -0.2) is 8.42 Å². The van der Waals surface area contributed by atoms with Crippen LogP contribution in [0.15, 0.2) is 59.5 Å². The first kappa shape index (κ1) is 19.5. The van der Waals surface area contributed by atoms with Crippen molar-refractivity contribution in [3.63, 3.8) is 0 Å². The topological polar surface area (TPSA) is 124 Å². The maximum atomic E-state index is 12.6. The lowest BCUT2D eigenvalue weighted by Gasteiger charge is -2.10. The first-order valence-electron chi connectivity index (χ1n) is 7.75. The summed E-state index contributed by atoms with van der Waals surface area (Å²) in [5.41, 5.74) is 1.18. The molecule has 1 heterocycles. The number of methoxy groups -OCH3 is 1. The molecule has 28 heavy (non-hydrogen) atoms. The third-order valence-electron chi connectivity index (χ3n) is 3.70. The molecule has 0 bridgehead atoms. The van der Waals surface area contributed by atoms with E-state index in [0.717, 1.165) is 12.1 Å². The monoisotopic (exact) mass is 420 g/mol. The number of hydrogen-bond donors (Lipinski definition) is 1. The number of sulfonamides is 1. The molecule has 0 spiro atoms. The third kappa shape index (κ3) is 4.18. The third-order valence-corrected chi connectivity index (χ3v) is 5.56. The fraction of sp³-hybridized carbons (Fsp3) is 0.0588. The van der Waals surface area contributed by atoms with Gasteiger partial charge in [-0.2, -0.15) is 0 Å². The number of aromatic nitrogens is 2. The van der Waals surface area contributed by atoms with Crippen LogP contribution in [-0.4, -0.2) is 30.6 Å². The minimum Gasteiger partial charge on any atom is -0.480 e. The van der Waals surface area contributed by atoms with Gasteiger partial charge >= 0.3 is 0 Å². The zero-order valence-corrected chi connectivity index (χ0v) is 15.9. The van der Waals surface area contributed by atoms with Gasteiger partial charge in [-0.05, 0) is 24.3 Å². The zero-order valence-electron chi connectivity index (χ0n) is 14.4. The number of nitrogens with zero attached hydrogens (tertiary/aromatic N) is 3. The van der Waals surface area contributed by atoms with Crippen LogP contribution >= 0.6 is 11.6 Å². The van der Waals surface area contributed by atoms with Crippen molar-refractivity contribution in [3.05, 3.63) is 69.7 Å². The van der Waals surface area contributed by atoms with E-state index in [-0.39, 0.29) is 21.3 Å². The Bertz CT molecular complexity index is 1120. The molecule has 0 fully saturated rings. The van der Waals surface area contributed by atoms with Crippen molar-refractivity contribution in [2.24, 2.45) is 0 Å². The molecule has 0 radical (unpaired) electrons. The molecule has 3 aromatic rings. The lowest BCUT2D eigenvalue weighted by Crippen LogP contribution is -2.13. The van der Waals surface area contributed by atoms with Gasteiger partial charge in [-0.1, -0.05) is 23.7 Å². The summed E-state index contributed by atoms with van der Waals surface area (Å²) in [6, 6.07) is 13.0. The van der Waals surface area contributed by atoms with E-state index in [1.807, 2.05) is 0 Å². The van der Waals surface area contributed by atoms with Gasteiger partial charge in [0.1, 0.15) is 4.90 Å². The first-order chi connectivity index (χ1) is 13.3. The molecule has 0 unspecified atom stereocenters.